The summed E-state index contributed by atoms with van der Waals surface area (Å²) in [5, 5.41) is 9.70. The van der Waals surface area contributed by atoms with Crippen molar-refractivity contribution in [2.24, 2.45) is 0 Å². The number of phenols is 1. The topological polar surface area (TPSA) is 53.7 Å². The van der Waals surface area contributed by atoms with Crippen LogP contribution in [0.1, 0.15) is 15.9 Å². The van der Waals surface area contributed by atoms with Crippen LogP contribution in [0.15, 0.2) is 41.2 Å². The standard InChI is InChI=1S/C13H12ClNO3/c1-15(7-9-4-5-18-8-9)13(17)11-6-10(16)2-3-12(11)14/h2-6,8,16H,7H2,1H3. The first kappa shape index (κ1) is 12.5. The van der Waals surface area contributed by atoms with Gasteiger partial charge < -0.3 is 14.4 Å². The SMILES string of the molecule is CN(Cc1ccoc1)C(=O)c1cc(O)ccc1Cl. The number of carbonyl (C=O) groups excluding carboxylic acids is 1. The first-order valence-electron chi connectivity index (χ1n) is 5.33. The highest BCUT2D eigenvalue weighted by Gasteiger charge is 2.16. The van der Waals surface area contributed by atoms with Gasteiger partial charge in [-0.25, -0.2) is 0 Å². The average molecular weight is 266 g/mol. The maximum Gasteiger partial charge on any atom is 0.255 e. The van der Waals surface area contributed by atoms with Crippen LogP contribution in [0, 0.1) is 0 Å². The van der Waals surface area contributed by atoms with Crippen LogP contribution in [0.25, 0.3) is 0 Å². The Kier molecular flexibility index (Phi) is 3.58. The number of benzene rings is 1. The van der Waals surface area contributed by atoms with Crippen molar-refractivity contribution >= 4 is 17.5 Å². The van der Waals surface area contributed by atoms with Crippen LogP contribution < -0.4 is 0 Å². The number of rotatable bonds is 3. The normalized spacial score (nSPS) is 10.3. The van der Waals surface area contributed by atoms with Crippen molar-refractivity contribution in [3.8, 4) is 5.75 Å². The van der Waals surface area contributed by atoms with Gasteiger partial charge in [0.2, 0.25) is 0 Å². The summed E-state index contributed by atoms with van der Waals surface area (Å²) >= 11 is 5.94. The molecule has 94 valence electrons. The van der Waals surface area contributed by atoms with Crippen LogP contribution in [-0.4, -0.2) is 23.0 Å². The van der Waals surface area contributed by atoms with E-state index in [1.807, 2.05) is 0 Å². The van der Waals surface area contributed by atoms with Gasteiger partial charge in [0.1, 0.15) is 5.75 Å². The minimum atomic E-state index is -0.253. The van der Waals surface area contributed by atoms with Gasteiger partial charge >= 0.3 is 0 Å². The molecule has 2 rings (SSSR count). The first-order valence-corrected chi connectivity index (χ1v) is 5.71. The van der Waals surface area contributed by atoms with Crippen LogP contribution in [-0.2, 0) is 6.54 Å². The number of furan rings is 1. The van der Waals surface area contributed by atoms with E-state index in [1.54, 1.807) is 25.6 Å². The molecule has 0 aliphatic heterocycles. The van der Waals surface area contributed by atoms with Crippen molar-refractivity contribution in [2.45, 2.75) is 6.54 Å². The van der Waals surface area contributed by atoms with Crippen molar-refractivity contribution in [2.75, 3.05) is 7.05 Å². The zero-order valence-corrected chi connectivity index (χ0v) is 10.5. The smallest absolute Gasteiger partial charge is 0.255 e. The number of nitrogens with zero attached hydrogens (tertiary/aromatic N) is 1. The summed E-state index contributed by atoms with van der Waals surface area (Å²) in [6, 6.07) is 6.08. The van der Waals surface area contributed by atoms with E-state index < -0.39 is 0 Å². The molecule has 4 nitrogen and oxygen atoms in total. The molecule has 0 saturated carbocycles. The van der Waals surface area contributed by atoms with Crippen molar-refractivity contribution in [3.63, 3.8) is 0 Å². The second-order valence-electron chi connectivity index (χ2n) is 3.96. The van der Waals surface area contributed by atoms with Crippen LogP contribution >= 0.6 is 11.6 Å². The van der Waals surface area contributed by atoms with Gasteiger partial charge in [0, 0.05) is 19.2 Å². The minimum absolute atomic E-state index is 0.0134. The van der Waals surface area contributed by atoms with Crippen LogP contribution in [0.4, 0.5) is 0 Å². The predicted octanol–water partition coefficient (Wildman–Crippen LogP) is 2.91. The van der Waals surface area contributed by atoms with E-state index in [4.69, 9.17) is 16.0 Å². The van der Waals surface area contributed by atoms with Crippen molar-refractivity contribution in [1.29, 1.82) is 0 Å². The van der Waals surface area contributed by atoms with Gasteiger partial charge in [-0.05, 0) is 24.3 Å². The summed E-state index contributed by atoms with van der Waals surface area (Å²) in [6.07, 6.45) is 3.13. The molecule has 0 unspecified atom stereocenters. The number of aromatic hydroxyl groups is 1. The first-order chi connectivity index (χ1) is 8.58. The molecule has 1 aromatic carbocycles. The maximum atomic E-state index is 12.1. The quantitative estimate of drug-likeness (QED) is 0.928. The highest BCUT2D eigenvalue weighted by molar-refractivity contribution is 6.33. The molecule has 0 aliphatic rings. The van der Waals surface area contributed by atoms with E-state index >= 15 is 0 Å². The Labute approximate surface area is 109 Å². The minimum Gasteiger partial charge on any atom is -0.508 e. The number of carbonyl (C=O) groups is 1. The van der Waals surface area contributed by atoms with Crippen molar-refractivity contribution in [1.82, 2.24) is 4.90 Å². The molecule has 2 aromatic rings. The molecule has 0 spiro atoms. The Morgan fingerprint density at radius 3 is 2.89 bits per heavy atom. The zero-order chi connectivity index (χ0) is 13.1. The lowest BCUT2D eigenvalue weighted by atomic mass is 10.2. The Morgan fingerprint density at radius 2 is 2.22 bits per heavy atom. The lowest BCUT2D eigenvalue weighted by Gasteiger charge is -2.17. The number of hydrogen-bond donors (Lipinski definition) is 1. The molecule has 1 heterocycles. The summed E-state index contributed by atoms with van der Waals surface area (Å²) in [4.78, 5) is 13.6. The fourth-order valence-electron chi connectivity index (χ4n) is 1.61. The van der Waals surface area contributed by atoms with Gasteiger partial charge in [0.15, 0.2) is 0 Å². The predicted molar refractivity (Wildman–Crippen MR) is 67.6 cm³/mol. The lowest BCUT2D eigenvalue weighted by molar-refractivity contribution is 0.0784. The number of halogens is 1. The maximum absolute atomic E-state index is 12.1. The number of phenolic OH excluding ortho intramolecular Hbond substituents is 1. The van der Waals surface area contributed by atoms with E-state index in [2.05, 4.69) is 0 Å². The fourth-order valence-corrected chi connectivity index (χ4v) is 1.81. The fraction of sp³-hybridized carbons (Fsp3) is 0.154. The Balaban J connectivity index is 2.17. The van der Waals surface area contributed by atoms with Crippen LogP contribution in [0.3, 0.4) is 0 Å². The van der Waals surface area contributed by atoms with Crippen molar-refractivity contribution < 1.29 is 14.3 Å². The third-order valence-corrected chi connectivity index (χ3v) is 2.86. The van der Waals surface area contributed by atoms with Gasteiger partial charge in [-0.1, -0.05) is 11.6 Å². The zero-order valence-electron chi connectivity index (χ0n) is 9.76. The Morgan fingerprint density at radius 1 is 1.44 bits per heavy atom. The molecule has 0 aliphatic carbocycles. The van der Waals surface area contributed by atoms with E-state index in [0.717, 1.165) is 5.56 Å². The summed E-state index contributed by atoms with van der Waals surface area (Å²) < 4.78 is 4.94. The molecular formula is C13H12ClNO3. The molecule has 1 N–H and O–H groups in total. The number of hydrogen-bond acceptors (Lipinski definition) is 3. The monoisotopic (exact) mass is 265 g/mol. The van der Waals surface area contributed by atoms with Gasteiger partial charge in [0.25, 0.3) is 5.91 Å². The summed E-state index contributed by atoms with van der Waals surface area (Å²) in [5.74, 6) is -0.239. The second kappa shape index (κ2) is 5.14. The summed E-state index contributed by atoms with van der Waals surface area (Å²) in [5.41, 5.74) is 1.17. The lowest BCUT2D eigenvalue weighted by Crippen LogP contribution is -2.26. The largest absolute Gasteiger partial charge is 0.508 e. The summed E-state index contributed by atoms with van der Waals surface area (Å²) in [6.45, 7) is 0.418. The molecule has 5 heteroatoms. The Bertz CT molecular complexity index is 551. The van der Waals surface area contributed by atoms with Gasteiger partial charge in [-0.2, -0.15) is 0 Å². The Hall–Kier alpha value is -1.94. The molecular weight excluding hydrogens is 254 g/mol. The molecule has 18 heavy (non-hydrogen) atoms. The average Bonchev–Trinajstić information content (AvgIpc) is 2.84. The third kappa shape index (κ3) is 2.65. The van der Waals surface area contributed by atoms with E-state index in [9.17, 15) is 9.90 Å². The van der Waals surface area contributed by atoms with E-state index in [-0.39, 0.29) is 17.2 Å². The molecule has 0 saturated heterocycles. The van der Waals surface area contributed by atoms with Crippen LogP contribution in [0.5, 0.6) is 5.75 Å². The summed E-state index contributed by atoms with van der Waals surface area (Å²) in [7, 11) is 1.66. The molecule has 0 radical (unpaired) electrons. The highest BCUT2D eigenvalue weighted by atomic mass is 35.5. The molecule has 1 aromatic heterocycles. The van der Waals surface area contributed by atoms with E-state index in [1.165, 1.54) is 23.1 Å². The second-order valence-corrected chi connectivity index (χ2v) is 4.36. The van der Waals surface area contributed by atoms with Gasteiger partial charge in [0.05, 0.1) is 23.1 Å². The number of amides is 1. The third-order valence-electron chi connectivity index (χ3n) is 2.53. The van der Waals surface area contributed by atoms with Gasteiger partial charge in [-0.15, -0.1) is 0 Å². The molecule has 0 bridgehead atoms. The molecule has 0 fully saturated rings. The molecule has 1 amide bonds. The molecule has 0 atom stereocenters. The van der Waals surface area contributed by atoms with Gasteiger partial charge in [-0.3, -0.25) is 4.79 Å². The van der Waals surface area contributed by atoms with E-state index in [0.29, 0.717) is 11.6 Å². The highest BCUT2D eigenvalue weighted by Crippen LogP contribution is 2.22. The van der Waals surface area contributed by atoms with Crippen molar-refractivity contribution in [3.05, 3.63) is 52.9 Å². The van der Waals surface area contributed by atoms with Crippen LogP contribution in [0.2, 0.25) is 5.02 Å².